The van der Waals surface area contributed by atoms with Crippen LogP contribution in [-0.2, 0) is 0 Å². The van der Waals surface area contributed by atoms with Crippen molar-refractivity contribution in [3.8, 4) is 0 Å². The maximum absolute atomic E-state index is 13.2. The average Bonchev–Trinajstić information content (AvgIpc) is 3.02. The highest BCUT2D eigenvalue weighted by Gasteiger charge is 2.26. The summed E-state index contributed by atoms with van der Waals surface area (Å²) in [5, 5.41) is 2.94. The molecule has 1 aliphatic rings. The van der Waals surface area contributed by atoms with E-state index in [1.54, 1.807) is 24.0 Å². The Bertz CT molecular complexity index is 797. The lowest BCUT2D eigenvalue weighted by atomic mass is 10.0. The lowest BCUT2D eigenvalue weighted by Crippen LogP contribution is -2.46. The summed E-state index contributed by atoms with van der Waals surface area (Å²) in [7, 11) is 0. The Morgan fingerprint density at radius 1 is 1.24 bits per heavy atom. The first kappa shape index (κ1) is 17.9. The fraction of sp³-hybridized carbons (Fsp3) is 0.333. The number of benzene rings is 1. The Hall–Kier alpha value is -1.90. The van der Waals surface area contributed by atoms with Crippen LogP contribution in [0.25, 0.3) is 0 Å². The van der Waals surface area contributed by atoms with Gasteiger partial charge in [-0.2, -0.15) is 0 Å². The number of carbonyl (C=O) groups is 2. The van der Waals surface area contributed by atoms with Gasteiger partial charge in [0.05, 0.1) is 5.56 Å². The summed E-state index contributed by atoms with van der Waals surface area (Å²) in [6, 6.07) is 7.58. The van der Waals surface area contributed by atoms with E-state index in [0.717, 1.165) is 0 Å². The molecule has 3 rings (SSSR count). The number of rotatable bonds is 3. The number of nitrogens with one attached hydrogen (secondary N) is 1. The molecule has 1 saturated heterocycles. The van der Waals surface area contributed by atoms with Crippen molar-refractivity contribution in [2.75, 3.05) is 13.1 Å². The van der Waals surface area contributed by atoms with E-state index < -0.39 is 0 Å². The van der Waals surface area contributed by atoms with Crippen molar-refractivity contribution in [1.29, 1.82) is 0 Å². The molecule has 0 spiro atoms. The zero-order valence-corrected chi connectivity index (χ0v) is 15.9. The van der Waals surface area contributed by atoms with Gasteiger partial charge in [-0.1, -0.05) is 0 Å². The summed E-state index contributed by atoms with van der Waals surface area (Å²) in [4.78, 5) is 26.4. The fourth-order valence-corrected chi connectivity index (χ4v) is 3.58. The van der Waals surface area contributed by atoms with Gasteiger partial charge in [-0.3, -0.25) is 9.59 Å². The standard InChI is InChI=1S/C18H18FIN2O3/c1-11-2-5-16(25-11)17(23)21-13-6-8-22(9-7-13)18(24)14-4-3-12(19)10-15(14)20/h2-5,10,13H,6-9H2,1H3,(H,21,23). The second kappa shape index (κ2) is 7.55. The lowest BCUT2D eigenvalue weighted by molar-refractivity contribution is 0.0694. The van der Waals surface area contributed by atoms with E-state index in [4.69, 9.17) is 4.42 Å². The molecular weight excluding hydrogens is 438 g/mol. The van der Waals surface area contributed by atoms with Gasteiger partial charge in [0, 0.05) is 22.7 Å². The van der Waals surface area contributed by atoms with Crippen molar-refractivity contribution in [2.45, 2.75) is 25.8 Å². The minimum absolute atomic E-state index is 0.00856. The molecule has 0 atom stereocenters. The molecule has 0 unspecified atom stereocenters. The zero-order chi connectivity index (χ0) is 18.0. The fourth-order valence-electron chi connectivity index (χ4n) is 2.87. The summed E-state index contributed by atoms with van der Waals surface area (Å²) in [6.45, 7) is 2.89. The largest absolute Gasteiger partial charge is 0.456 e. The molecule has 1 aromatic carbocycles. The number of hydrogen-bond acceptors (Lipinski definition) is 3. The summed E-state index contributed by atoms with van der Waals surface area (Å²) in [5.74, 6) is 0.314. The van der Waals surface area contributed by atoms with E-state index in [2.05, 4.69) is 5.32 Å². The van der Waals surface area contributed by atoms with Gasteiger partial charge in [-0.05, 0) is 72.7 Å². The molecule has 1 N–H and O–H groups in total. The first-order valence-corrected chi connectivity index (χ1v) is 9.13. The Morgan fingerprint density at radius 2 is 1.96 bits per heavy atom. The first-order valence-electron chi connectivity index (χ1n) is 8.05. The molecule has 0 aliphatic carbocycles. The number of carbonyl (C=O) groups excluding carboxylic acids is 2. The normalized spacial score (nSPS) is 15.2. The lowest BCUT2D eigenvalue weighted by Gasteiger charge is -2.32. The predicted octanol–water partition coefficient (Wildman–Crippen LogP) is 3.37. The van der Waals surface area contributed by atoms with E-state index in [1.165, 1.54) is 18.2 Å². The number of furan rings is 1. The second-order valence-corrected chi connectivity index (χ2v) is 7.24. The topological polar surface area (TPSA) is 62.6 Å². The number of aryl methyl sites for hydroxylation is 1. The summed E-state index contributed by atoms with van der Waals surface area (Å²) in [5.41, 5.74) is 0.510. The van der Waals surface area contributed by atoms with Crippen molar-refractivity contribution in [3.05, 3.63) is 56.8 Å². The number of hydrogen-bond donors (Lipinski definition) is 1. The summed E-state index contributed by atoms with van der Waals surface area (Å²) < 4.78 is 19.1. The number of halogens is 2. The van der Waals surface area contributed by atoms with E-state index in [9.17, 15) is 14.0 Å². The number of likely N-dealkylation sites (tertiary alicyclic amines) is 1. The van der Waals surface area contributed by atoms with Gasteiger partial charge >= 0.3 is 0 Å². The molecule has 2 aromatic rings. The second-order valence-electron chi connectivity index (χ2n) is 6.07. The highest BCUT2D eigenvalue weighted by molar-refractivity contribution is 14.1. The Kier molecular flexibility index (Phi) is 5.41. The number of amides is 2. The maximum atomic E-state index is 13.2. The van der Waals surface area contributed by atoms with Gasteiger partial charge in [0.1, 0.15) is 11.6 Å². The molecule has 7 heteroatoms. The van der Waals surface area contributed by atoms with Crippen LogP contribution in [0.4, 0.5) is 4.39 Å². The van der Waals surface area contributed by atoms with Crippen LogP contribution >= 0.6 is 22.6 Å². The molecule has 1 aromatic heterocycles. The van der Waals surface area contributed by atoms with Gasteiger partial charge in [-0.15, -0.1) is 0 Å². The van der Waals surface area contributed by atoms with E-state index in [0.29, 0.717) is 46.6 Å². The zero-order valence-electron chi connectivity index (χ0n) is 13.7. The van der Waals surface area contributed by atoms with Crippen molar-refractivity contribution in [3.63, 3.8) is 0 Å². The van der Waals surface area contributed by atoms with Gasteiger partial charge in [0.15, 0.2) is 5.76 Å². The smallest absolute Gasteiger partial charge is 0.287 e. The van der Waals surface area contributed by atoms with Crippen LogP contribution in [0.3, 0.4) is 0 Å². The molecular formula is C18H18FIN2O3. The molecule has 132 valence electrons. The van der Waals surface area contributed by atoms with E-state index in [-0.39, 0.29) is 23.7 Å². The quantitative estimate of drug-likeness (QED) is 0.721. The molecule has 1 aliphatic heterocycles. The Labute approximate surface area is 158 Å². The molecule has 2 amide bonds. The van der Waals surface area contributed by atoms with Crippen LogP contribution in [0.5, 0.6) is 0 Å². The van der Waals surface area contributed by atoms with Crippen LogP contribution in [0.2, 0.25) is 0 Å². The highest BCUT2D eigenvalue weighted by Crippen LogP contribution is 2.19. The third-order valence-corrected chi connectivity index (χ3v) is 5.14. The molecule has 25 heavy (non-hydrogen) atoms. The van der Waals surface area contributed by atoms with Crippen LogP contribution in [-0.4, -0.2) is 35.8 Å². The Morgan fingerprint density at radius 3 is 2.56 bits per heavy atom. The van der Waals surface area contributed by atoms with Gasteiger partial charge in [0.2, 0.25) is 0 Å². The summed E-state index contributed by atoms with van der Waals surface area (Å²) >= 11 is 1.97. The third kappa shape index (κ3) is 4.20. The highest BCUT2D eigenvalue weighted by atomic mass is 127. The monoisotopic (exact) mass is 456 g/mol. The van der Waals surface area contributed by atoms with Crippen molar-refractivity contribution in [2.24, 2.45) is 0 Å². The molecule has 2 heterocycles. The number of piperidine rings is 1. The predicted molar refractivity (Wildman–Crippen MR) is 99.0 cm³/mol. The van der Waals surface area contributed by atoms with Crippen molar-refractivity contribution >= 4 is 34.4 Å². The SMILES string of the molecule is Cc1ccc(C(=O)NC2CCN(C(=O)c3ccc(F)cc3I)CC2)o1. The van der Waals surface area contributed by atoms with Crippen LogP contribution in [0.1, 0.15) is 39.5 Å². The maximum Gasteiger partial charge on any atom is 0.287 e. The molecule has 0 bridgehead atoms. The molecule has 0 radical (unpaired) electrons. The van der Waals surface area contributed by atoms with Crippen LogP contribution < -0.4 is 5.32 Å². The van der Waals surface area contributed by atoms with Crippen LogP contribution in [0, 0.1) is 16.3 Å². The van der Waals surface area contributed by atoms with E-state index >= 15 is 0 Å². The van der Waals surface area contributed by atoms with Gasteiger partial charge < -0.3 is 14.6 Å². The first-order chi connectivity index (χ1) is 11.9. The summed E-state index contributed by atoms with van der Waals surface area (Å²) in [6.07, 6.45) is 1.35. The molecule has 0 saturated carbocycles. The number of nitrogens with zero attached hydrogens (tertiary/aromatic N) is 1. The molecule has 1 fully saturated rings. The average molecular weight is 456 g/mol. The Balaban J connectivity index is 1.56. The van der Waals surface area contributed by atoms with Crippen molar-refractivity contribution in [1.82, 2.24) is 10.2 Å². The van der Waals surface area contributed by atoms with Crippen molar-refractivity contribution < 1.29 is 18.4 Å². The molecule has 5 nitrogen and oxygen atoms in total. The van der Waals surface area contributed by atoms with Gasteiger partial charge in [-0.25, -0.2) is 4.39 Å². The van der Waals surface area contributed by atoms with Crippen LogP contribution in [0.15, 0.2) is 34.7 Å². The minimum atomic E-state index is -0.351. The minimum Gasteiger partial charge on any atom is -0.456 e. The van der Waals surface area contributed by atoms with Gasteiger partial charge in [0.25, 0.3) is 11.8 Å². The third-order valence-electron chi connectivity index (χ3n) is 4.24. The van der Waals surface area contributed by atoms with E-state index in [1.807, 2.05) is 22.6 Å².